The molecule has 0 aliphatic heterocycles. The van der Waals surface area contributed by atoms with Crippen LogP contribution in [0.15, 0.2) is 97.1 Å². The maximum absolute atomic E-state index is 9.94. The van der Waals surface area contributed by atoms with Crippen molar-refractivity contribution in [1.82, 2.24) is 0 Å². The summed E-state index contributed by atoms with van der Waals surface area (Å²) in [4.78, 5) is 0. The molecule has 0 aliphatic carbocycles. The smallest absolute Gasteiger partial charge is 0.115 e. The lowest BCUT2D eigenvalue weighted by Gasteiger charge is -2.37. The van der Waals surface area contributed by atoms with Gasteiger partial charge >= 0.3 is 0 Å². The van der Waals surface area contributed by atoms with Gasteiger partial charge in [-0.25, -0.2) is 0 Å². The minimum Gasteiger partial charge on any atom is -0.508 e. The van der Waals surface area contributed by atoms with Gasteiger partial charge in [0.2, 0.25) is 0 Å². The van der Waals surface area contributed by atoms with Gasteiger partial charge in [-0.2, -0.15) is 0 Å². The van der Waals surface area contributed by atoms with E-state index in [4.69, 9.17) is 0 Å². The molecule has 1 N–H and O–H groups in total. The minimum absolute atomic E-state index is 0.274. The Balaban J connectivity index is 2.11. The van der Waals surface area contributed by atoms with Crippen LogP contribution in [0.1, 0.15) is 22.3 Å². The highest BCUT2D eigenvalue weighted by atomic mass is 127. The number of aromatic hydroxyl groups is 1. The molecule has 0 aromatic heterocycles. The summed E-state index contributed by atoms with van der Waals surface area (Å²) in [6.07, 6.45) is 0. The van der Waals surface area contributed by atoms with Gasteiger partial charge in [0.25, 0.3) is 0 Å². The highest BCUT2D eigenvalue weighted by Gasteiger charge is 2.38. The van der Waals surface area contributed by atoms with Crippen LogP contribution in [0.2, 0.25) is 0 Å². The van der Waals surface area contributed by atoms with E-state index in [2.05, 4.69) is 141 Å². The van der Waals surface area contributed by atoms with Gasteiger partial charge in [-0.3, -0.25) is 0 Å². The van der Waals surface area contributed by atoms with Gasteiger partial charge in [0, 0.05) is 10.7 Å². The van der Waals surface area contributed by atoms with Crippen molar-refractivity contribution in [3.8, 4) is 5.75 Å². The number of hydrogen-bond donors (Lipinski definition) is 1. The van der Waals surface area contributed by atoms with Gasteiger partial charge in [0.05, 0.1) is 5.41 Å². The molecular formula is C25H17I3O. The fraction of sp³-hybridized carbons (Fsp3) is 0.0400. The van der Waals surface area contributed by atoms with E-state index in [9.17, 15) is 5.11 Å². The predicted molar refractivity (Wildman–Crippen MR) is 145 cm³/mol. The standard InChI is InChI=1S/C25H17I3O/c26-21-9-1-17(2-10-21)25(18-3-11-22(27)12-4-18,19-5-13-23(28)14-6-19)20-7-15-24(29)16-8-20/h1-16,29H. The highest BCUT2D eigenvalue weighted by Crippen LogP contribution is 2.45. The van der Waals surface area contributed by atoms with E-state index in [-0.39, 0.29) is 5.75 Å². The van der Waals surface area contributed by atoms with Crippen LogP contribution in [0, 0.1) is 10.7 Å². The Morgan fingerprint density at radius 1 is 0.414 bits per heavy atom. The molecule has 144 valence electrons. The molecule has 4 aromatic carbocycles. The molecule has 4 heteroatoms. The van der Waals surface area contributed by atoms with Gasteiger partial charge in [0.1, 0.15) is 5.75 Å². The summed E-state index contributed by atoms with van der Waals surface area (Å²) in [6.45, 7) is 0. The number of halogens is 3. The lowest BCUT2D eigenvalue weighted by Crippen LogP contribution is -2.31. The van der Waals surface area contributed by atoms with Gasteiger partial charge in [-0.1, -0.05) is 48.5 Å². The molecule has 0 amide bonds. The average Bonchev–Trinajstić information content (AvgIpc) is 2.73. The topological polar surface area (TPSA) is 20.2 Å². The van der Waals surface area contributed by atoms with E-state index in [0.29, 0.717) is 0 Å². The molecule has 4 rings (SSSR count). The Morgan fingerprint density at radius 3 is 0.931 bits per heavy atom. The third kappa shape index (κ3) is 4.20. The summed E-state index contributed by atoms with van der Waals surface area (Å²) < 4.78 is 3.61. The van der Waals surface area contributed by atoms with Crippen molar-refractivity contribution in [2.24, 2.45) is 0 Å². The van der Waals surface area contributed by atoms with Crippen LogP contribution < -0.4 is 0 Å². The first-order chi connectivity index (χ1) is 14.0. The second-order valence-electron chi connectivity index (χ2n) is 6.82. The van der Waals surface area contributed by atoms with Gasteiger partial charge in [-0.05, 0) is 139 Å². The molecule has 0 spiro atoms. The lowest BCUT2D eigenvalue weighted by molar-refractivity contribution is 0.475. The second kappa shape index (κ2) is 8.93. The molecule has 0 heterocycles. The molecule has 0 radical (unpaired) electrons. The summed E-state index contributed by atoms with van der Waals surface area (Å²) in [5, 5.41) is 9.94. The first-order valence-corrected chi connectivity index (χ1v) is 12.3. The van der Waals surface area contributed by atoms with Crippen molar-refractivity contribution in [2.75, 3.05) is 0 Å². The zero-order chi connectivity index (χ0) is 20.4. The Hall–Kier alpha value is -1.13. The molecular weight excluding hydrogens is 697 g/mol. The molecule has 1 nitrogen and oxygen atoms in total. The van der Waals surface area contributed by atoms with E-state index in [1.54, 1.807) is 12.1 Å². The Bertz CT molecular complexity index is 913. The van der Waals surface area contributed by atoms with Crippen LogP contribution in [0.4, 0.5) is 0 Å². The molecule has 0 aliphatic rings. The SMILES string of the molecule is Oc1ccc(C(c2ccc(I)cc2)(c2ccc(I)cc2)c2ccc(I)cc2)cc1. The van der Waals surface area contributed by atoms with Crippen LogP contribution in [-0.2, 0) is 5.41 Å². The maximum Gasteiger partial charge on any atom is 0.115 e. The predicted octanol–water partition coefficient (Wildman–Crippen LogP) is 7.59. The van der Waals surface area contributed by atoms with Crippen molar-refractivity contribution in [3.05, 3.63) is 130 Å². The molecule has 0 fully saturated rings. The number of phenolic OH excluding ortho intramolecular Hbond substituents is 1. The highest BCUT2D eigenvalue weighted by molar-refractivity contribution is 14.1. The zero-order valence-corrected chi connectivity index (χ0v) is 21.8. The summed E-state index contributed by atoms with van der Waals surface area (Å²) in [5.74, 6) is 0.274. The second-order valence-corrected chi connectivity index (χ2v) is 10.6. The largest absolute Gasteiger partial charge is 0.508 e. The van der Waals surface area contributed by atoms with Crippen LogP contribution in [0.25, 0.3) is 0 Å². The van der Waals surface area contributed by atoms with Crippen LogP contribution in [0.3, 0.4) is 0 Å². The normalized spacial score (nSPS) is 11.4. The van der Waals surface area contributed by atoms with Crippen molar-refractivity contribution >= 4 is 67.8 Å². The fourth-order valence-electron chi connectivity index (χ4n) is 3.81. The number of hydrogen-bond acceptors (Lipinski definition) is 1. The minimum atomic E-state index is -0.479. The Morgan fingerprint density at radius 2 is 0.655 bits per heavy atom. The van der Waals surface area contributed by atoms with Gasteiger partial charge < -0.3 is 5.11 Å². The summed E-state index contributed by atoms with van der Waals surface area (Å²) in [6, 6.07) is 33.8. The molecule has 29 heavy (non-hydrogen) atoms. The van der Waals surface area contributed by atoms with E-state index in [1.807, 2.05) is 12.1 Å². The quantitative estimate of drug-likeness (QED) is 0.171. The Labute approximate surface area is 212 Å². The first kappa shape index (κ1) is 21.1. The van der Waals surface area contributed by atoms with Crippen molar-refractivity contribution in [1.29, 1.82) is 0 Å². The van der Waals surface area contributed by atoms with Crippen LogP contribution in [0.5, 0.6) is 5.75 Å². The first-order valence-electron chi connectivity index (χ1n) is 9.08. The van der Waals surface area contributed by atoms with Gasteiger partial charge in [0.15, 0.2) is 0 Å². The summed E-state index contributed by atoms with van der Waals surface area (Å²) in [7, 11) is 0. The Kier molecular flexibility index (Phi) is 6.50. The van der Waals surface area contributed by atoms with E-state index in [1.165, 1.54) is 27.4 Å². The fourth-order valence-corrected chi connectivity index (χ4v) is 4.89. The summed E-state index contributed by atoms with van der Waals surface area (Å²) >= 11 is 7.04. The van der Waals surface area contributed by atoms with Crippen molar-refractivity contribution < 1.29 is 5.11 Å². The van der Waals surface area contributed by atoms with Gasteiger partial charge in [-0.15, -0.1) is 0 Å². The number of phenols is 1. The van der Waals surface area contributed by atoms with Crippen LogP contribution >= 0.6 is 67.8 Å². The maximum atomic E-state index is 9.94. The van der Waals surface area contributed by atoms with Crippen molar-refractivity contribution in [2.45, 2.75) is 5.41 Å². The molecule has 4 aromatic rings. The van der Waals surface area contributed by atoms with E-state index >= 15 is 0 Å². The average molecular weight is 714 g/mol. The number of rotatable bonds is 4. The molecule has 0 saturated carbocycles. The van der Waals surface area contributed by atoms with E-state index in [0.717, 1.165) is 5.56 Å². The molecule has 0 atom stereocenters. The molecule has 0 saturated heterocycles. The molecule has 0 bridgehead atoms. The zero-order valence-electron chi connectivity index (χ0n) is 15.3. The van der Waals surface area contributed by atoms with E-state index < -0.39 is 5.41 Å². The van der Waals surface area contributed by atoms with Crippen molar-refractivity contribution in [3.63, 3.8) is 0 Å². The third-order valence-corrected chi connectivity index (χ3v) is 7.29. The van der Waals surface area contributed by atoms with Crippen LogP contribution in [-0.4, -0.2) is 5.11 Å². The molecule has 0 unspecified atom stereocenters. The third-order valence-electron chi connectivity index (χ3n) is 5.13. The summed E-state index contributed by atoms with van der Waals surface area (Å²) in [5.41, 5.74) is 4.24. The lowest BCUT2D eigenvalue weighted by atomic mass is 9.65. The number of benzene rings is 4. The monoisotopic (exact) mass is 714 g/mol.